The SMILES string of the molecule is NCCCc1cccc(C2(O)CCCCC2)c1. The Hall–Kier alpha value is -0.860. The first-order valence-corrected chi connectivity index (χ1v) is 6.76. The molecule has 0 aliphatic heterocycles. The van der Waals surface area contributed by atoms with Crippen LogP contribution in [0, 0.1) is 0 Å². The molecule has 1 saturated carbocycles. The average molecular weight is 233 g/mol. The second kappa shape index (κ2) is 5.65. The van der Waals surface area contributed by atoms with E-state index < -0.39 is 5.60 Å². The molecule has 94 valence electrons. The average Bonchev–Trinajstić information content (AvgIpc) is 2.38. The third-order valence-corrected chi connectivity index (χ3v) is 3.81. The Balaban J connectivity index is 2.14. The Labute approximate surface area is 104 Å². The number of aliphatic hydroxyl groups is 1. The van der Waals surface area contributed by atoms with E-state index in [9.17, 15) is 5.11 Å². The number of hydrogen-bond donors (Lipinski definition) is 2. The first-order valence-electron chi connectivity index (χ1n) is 6.76. The van der Waals surface area contributed by atoms with E-state index in [1.165, 1.54) is 12.0 Å². The molecule has 0 saturated heterocycles. The highest BCUT2D eigenvalue weighted by atomic mass is 16.3. The summed E-state index contributed by atoms with van der Waals surface area (Å²) in [6.45, 7) is 0.731. The summed E-state index contributed by atoms with van der Waals surface area (Å²) in [5.74, 6) is 0. The molecular weight excluding hydrogens is 210 g/mol. The summed E-state index contributed by atoms with van der Waals surface area (Å²) in [4.78, 5) is 0. The third kappa shape index (κ3) is 3.08. The van der Waals surface area contributed by atoms with Crippen molar-refractivity contribution in [2.75, 3.05) is 6.54 Å². The quantitative estimate of drug-likeness (QED) is 0.840. The van der Waals surface area contributed by atoms with Crippen molar-refractivity contribution in [3.8, 4) is 0 Å². The van der Waals surface area contributed by atoms with E-state index in [0.29, 0.717) is 0 Å². The molecule has 3 N–H and O–H groups in total. The largest absolute Gasteiger partial charge is 0.385 e. The highest BCUT2D eigenvalue weighted by molar-refractivity contribution is 5.28. The van der Waals surface area contributed by atoms with Crippen molar-refractivity contribution in [1.29, 1.82) is 0 Å². The van der Waals surface area contributed by atoms with Crippen LogP contribution in [0.4, 0.5) is 0 Å². The smallest absolute Gasteiger partial charge is 0.0896 e. The van der Waals surface area contributed by atoms with Crippen LogP contribution in [0.3, 0.4) is 0 Å². The van der Waals surface area contributed by atoms with Gasteiger partial charge in [0.2, 0.25) is 0 Å². The maximum absolute atomic E-state index is 10.7. The van der Waals surface area contributed by atoms with E-state index in [2.05, 4.69) is 24.3 Å². The lowest BCUT2D eigenvalue weighted by Crippen LogP contribution is -2.28. The first kappa shape index (κ1) is 12.6. The van der Waals surface area contributed by atoms with Gasteiger partial charge < -0.3 is 10.8 Å². The molecule has 0 radical (unpaired) electrons. The van der Waals surface area contributed by atoms with Gasteiger partial charge in [0.05, 0.1) is 5.60 Å². The zero-order valence-corrected chi connectivity index (χ0v) is 10.5. The van der Waals surface area contributed by atoms with Crippen LogP contribution in [0.5, 0.6) is 0 Å². The van der Waals surface area contributed by atoms with Crippen LogP contribution in [0.15, 0.2) is 24.3 Å². The lowest BCUT2D eigenvalue weighted by atomic mass is 9.79. The van der Waals surface area contributed by atoms with Gasteiger partial charge in [-0.1, -0.05) is 43.5 Å². The number of aryl methyl sites for hydroxylation is 1. The van der Waals surface area contributed by atoms with Crippen molar-refractivity contribution < 1.29 is 5.11 Å². The van der Waals surface area contributed by atoms with E-state index in [-0.39, 0.29) is 0 Å². The second-order valence-corrected chi connectivity index (χ2v) is 5.18. The van der Waals surface area contributed by atoms with Gasteiger partial charge in [-0.2, -0.15) is 0 Å². The van der Waals surface area contributed by atoms with Gasteiger partial charge in [-0.05, 0) is 43.4 Å². The summed E-state index contributed by atoms with van der Waals surface area (Å²) < 4.78 is 0. The Bertz CT molecular complexity index is 356. The van der Waals surface area contributed by atoms with E-state index >= 15 is 0 Å². The van der Waals surface area contributed by atoms with Crippen molar-refractivity contribution in [1.82, 2.24) is 0 Å². The molecule has 2 heteroatoms. The molecule has 1 aromatic rings. The fourth-order valence-electron chi connectivity index (χ4n) is 2.75. The van der Waals surface area contributed by atoms with Crippen molar-refractivity contribution in [2.45, 2.75) is 50.5 Å². The summed E-state index contributed by atoms with van der Waals surface area (Å²) >= 11 is 0. The minimum atomic E-state index is -0.572. The molecule has 2 rings (SSSR count). The van der Waals surface area contributed by atoms with Crippen molar-refractivity contribution in [3.63, 3.8) is 0 Å². The van der Waals surface area contributed by atoms with Gasteiger partial charge in [0.25, 0.3) is 0 Å². The van der Waals surface area contributed by atoms with Gasteiger partial charge in [-0.15, -0.1) is 0 Å². The lowest BCUT2D eigenvalue weighted by Gasteiger charge is -2.32. The highest BCUT2D eigenvalue weighted by Gasteiger charge is 2.30. The molecule has 17 heavy (non-hydrogen) atoms. The monoisotopic (exact) mass is 233 g/mol. The number of hydrogen-bond acceptors (Lipinski definition) is 2. The first-order chi connectivity index (χ1) is 8.24. The highest BCUT2D eigenvalue weighted by Crippen LogP contribution is 2.37. The minimum Gasteiger partial charge on any atom is -0.385 e. The molecule has 0 aromatic heterocycles. The van der Waals surface area contributed by atoms with E-state index in [0.717, 1.165) is 50.6 Å². The molecule has 1 aliphatic carbocycles. The normalized spacial score (nSPS) is 19.2. The Morgan fingerprint density at radius 2 is 1.94 bits per heavy atom. The third-order valence-electron chi connectivity index (χ3n) is 3.81. The minimum absolute atomic E-state index is 0.572. The van der Waals surface area contributed by atoms with Crippen LogP contribution in [0.2, 0.25) is 0 Å². The van der Waals surface area contributed by atoms with Crippen molar-refractivity contribution in [2.24, 2.45) is 5.73 Å². The molecule has 0 amide bonds. The molecule has 0 spiro atoms. The van der Waals surface area contributed by atoms with Gasteiger partial charge in [-0.25, -0.2) is 0 Å². The number of benzene rings is 1. The Morgan fingerprint density at radius 3 is 2.65 bits per heavy atom. The van der Waals surface area contributed by atoms with Crippen LogP contribution in [0.1, 0.15) is 49.7 Å². The second-order valence-electron chi connectivity index (χ2n) is 5.18. The van der Waals surface area contributed by atoms with Crippen LogP contribution in [0.25, 0.3) is 0 Å². The maximum atomic E-state index is 10.7. The molecule has 0 atom stereocenters. The Kier molecular flexibility index (Phi) is 4.19. The fourth-order valence-corrected chi connectivity index (χ4v) is 2.75. The Morgan fingerprint density at radius 1 is 1.18 bits per heavy atom. The van der Waals surface area contributed by atoms with Gasteiger partial charge in [0.15, 0.2) is 0 Å². The predicted molar refractivity (Wildman–Crippen MR) is 70.8 cm³/mol. The summed E-state index contributed by atoms with van der Waals surface area (Å²) in [5.41, 5.74) is 7.36. The molecule has 1 fully saturated rings. The summed E-state index contributed by atoms with van der Waals surface area (Å²) in [6.07, 6.45) is 7.39. The molecule has 1 aliphatic rings. The summed E-state index contributed by atoms with van der Waals surface area (Å²) in [7, 11) is 0. The standard InChI is InChI=1S/C15H23NO/c16-11-5-7-13-6-4-8-14(12-13)15(17)9-2-1-3-10-15/h4,6,8,12,17H,1-3,5,7,9-11,16H2. The van der Waals surface area contributed by atoms with Crippen LogP contribution < -0.4 is 5.73 Å². The number of rotatable bonds is 4. The van der Waals surface area contributed by atoms with E-state index in [1.54, 1.807) is 0 Å². The van der Waals surface area contributed by atoms with E-state index in [1.807, 2.05) is 0 Å². The molecule has 0 heterocycles. The van der Waals surface area contributed by atoms with E-state index in [4.69, 9.17) is 5.73 Å². The molecule has 0 bridgehead atoms. The zero-order chi connectivity index (χ0) is 12.1. The topological polar surface area (TPSA) is 46.2 Å². The lowest BCUT2D eigenvalue weighted by molar-refractivity contribution is -0.000689. The maximum Gasteiger partial charge on any atom is 0.0896 e. The van der Waals surface area contributed by atoms with Gasteiger partial charge in [0, 0.05) is 0 Å². The predicted octanol–water partition coefficient (Wildman–Crippen LogP) is 2.73. The van der Waals surface area contributed by atoms with Crippen molar-refractivity contribution in [3.05, 3.63) is 35.4 Å². The van der Waals surface area contributed by atoms with Gasteiger partial charge in [-0.3, -0.25) is 0 Å². The summed E-state index contributed by atoms with van der Waals surface area (Å²) in [6, 6.07) is 8.43. The van der Waals surface area contributed by atoms with Crippen LogP contribution in [-0.2, 0) is 12.0 Å². The van der Waals surface area contributed by atoms with Crippen LogP contribution >= 0.6 is 0 Å². The van der Waals surface area contributed by atoms with Gasteiger partial charge in [0.1, 0.15) is 0 Å². The summed E-state index contributed by atoms with van der Waals surface area (Å²) in [5, 5.41) is 10.7. The molecule has 0 unspecified atom stereocenters. The zero-order valence-electron chi connectivity index (χ0n) is 10.5. The molecule has 2 nitrogen and oxygen atoms in total. The van der Waals surface area contributed by atoms with Crippen LogP contribution in [-0.4, -0.2) is 11.7 Å². The molecule has 1 aromatic carbocycles. The van der Waals surface area contributed by atoms with Gasteiger partial charge >= 0.3 is 0 Å². The van der Waals surface area contributed by atoms with Crippen molar-refractivity contribution >= 4 is 0 Å². The fraction of sp³-hybridized carbons (Fsp3) is 0.600. The number of nitrogens with two attached hydrogens (primary N) is 1. The molecular formula is C15H23NO.